The highest BCUT2D eigenvalue weighted by atomic mass is 79.9. The van der Waals surface area contributed by atoms with Crippen LogP contribution in [0.3, 0.4) is 0 Å². The summed E-state index contributed by atoms with van der Waals surface area (Å²) in [6, 6.07) is 23.3. The van der Waals surface area contributed by atoms with E-state index in [1.54, 1.807) is 67.5 Å². The molecule has 1 aliphatic rings. The molecule has 4 aromatic carbocycles. The molecule has 1 unspecified atom stereocenters. The SMILES string of the molecule is CCNC(C)(C(N)=O)[C@@H]1CN(C(=O)c2ccc(C(C)=O)cc2)c2ccccc2N(Cc2c(OC)ccc3cc(Br)ccc23)C1=O.Cl. The van der Waals surface area contributed by atoms with Gasteiger partial charge in [-0.3, -0.25) is 19.2 Å². The van der Waals surface area contributed by atoms with E-state index in [1.807, 2.05) is 37.3 Å². The lowest BCUT2D eigenvalue weighted by atomic mass is 9.82. The predicted molar refractivity (Wildman–Crippen MR) is 186 cm³/mol. The number of rotatable bonds is 9. The third kappa shape index (κ3) is 6.38. The zero-order chi connectivity index (χ0) is 32.5. The largest absolute Gasteiger partial charge is 0.496 e. The fraction of sp³-hybridized carbons (Fsp3) is 0.257. The van der Waals surface area contributed by atoms with E-state index in [0.717, 1.165) is 20.8 Å². The number of nitrogens with one attached hydrogen (secondary N) is 1. The van der Waals surface area contributed by atoms with Crippen LogP contribution in [0.2, 0.25) is 0 Å². The second-order valence-electron chi connectivity index (χ2n) is 11.2. The van der Waals surface area contributed by atoms with E-state index in [-0.39, 0.29) is 43.1 Å². The van der Waals surface area contributed by atoms with Crippen molar-refractivity contribution < 1.29 is 23.9 Å². The van der Waals surface area contributed by atoms with Crippen LogP contribution in [0.1, 0.15) is 47.1 Å². The molecule has 0 spiro atoms. The number of hydrogen-bond acceptors (Lipinski definition) is 6. The first-order valence-electron chi connectivity index (χ1n) is 14.6. The fourth-order valence-corrected chi connectivity index (χ4v) is 6.36. The van der Waals surface area contributed by atoms with Crippen molar-refractivity contribution in [3.05, 3.63) is 100 Å². The smallest absolute Gasteiger partial charge is 0.258 e. The number of likely N-dealkylation sites (N-methyl/N-ethyl adjacent to an activating group) is 1. The normalized spacial score (nSPS) is 15.8. The standard InChI is InChI=1S/C35H35BrN4O5.ClH/c1-5-38-35(3,34(37)44)28-20-40(32(42)23-12-10-22(11-13-23)21(2)41)30-9-7-6-8-29(30)39(33(28)43)19-27-26-16-15-25(36)18-24(26)14-17-31(27)45-4;/h6-18,28,38H,5,19-20H2,1-4H3,(H2,37,44);1H/t28-,35?;/m1./s1. The van der Waals surface area contributed by atoms with Crippen molar-refractivity contribution in [2.75, 3.05) is 30.0 Å². The summed E-state index contributed by atoms with van der Waals surface area (Å²) < 4.78 is 6.68. The number of nitrogens with two attached hydrogens (primary N) is 1. The molecule has 240 valence electrons. The number of halogens is 2. The van der Waals surface area contributed by atoms with Crippen molar-refractivity contribution in [2.45, 2.75) is 32.9 Å². The van der Waals surface area contributed by atoms with Crippen molar-refractivity contribution in [3.8, 4) is 5.75 Å². The molecule has 3 N–H and O–H groups in total. The number of nitrogens with zero attached hydrogens (tertiary/aromatic N) is 2. The van der Waals surface area contributed by atoms with Crippen molar-refractivity contribution in [3.63, 3.8) is 0 Å². The van der Waals surface area contributed by atoms with Crippen molar-refractivity contribution in [1.82, 2.24) is 5.32 Å². The number of carbonyl (C=O) groups is 4. The van der Waals surface area contributed by atoms with Crippen molar-refractivity contribution in [1.29, 1.82) is 0 Å². The Morgan fingerprint density at radius 3 is 2.26 bits per heavy atom. The van der Waals surface area contributed by atoms with Crippen LogP contribution in [0, 0.1) is 5.92 Å². The van der Waals surface area contributed by atoms with E-state index < -0.39 is 17.4 Å². The van der Waals surface area contributed by atoms with Crippen LogP contribution >= 0.6 is 28.3 Å². The Kier molecular flexibility index (Phi) is 10.6. The molecule has 0 fully saturated rings. The van der Waals surface area contributed by atoms with Gasteiger partial charge in [0.1, 0.15) is 11.3 Å². The van der Waals surface area contributed by atoms with E-state index in [9.17, 15) is 19.2 Å². The number of anilines is 2. The molecule has 0 saturated carbocycles. The van der Waals surface area contributed by atoms with Gasteiger partial charge in [-0.25, -0.2) is 0 Å². The highest BCUT2D eigenvalue weighted by Crippen LogP contribution is 2.40. The molecular formula is C35H36BrClN4O5. The number of para-hydroxylation sites is 2. The number of ketones is 1. The molecule has 0 bridgehead atoms. The van der Waals surface area contributed by atoms with Gasteiger partial charge < -0.3 is 25.6 Å². The van der Waals surface area contributed by atoms with Gasteiger partial charge in [-0.15, -0.1) is 12.4 Å². The summed E-state index contributed by atoms with van der Waals surface area (Å²) >= 11 is 3.54. The number of hydrogen-bond donors (Lipinski definition) is 2. The van der Waals surface area contributed by atoms with Gasteiger partial charge in [0, 0.05) is 27.7 Å². The van der Waals surface area contributed by atoms with Crippen molar-refractivity contribution in [2.24, 2.45) is 11.7 Å². The van der Waals surface area contributed by atoms with Crippen LogP contribution in [0.4, 0.5) is 11.4 Å². The summed E-state index contributed by atoms with van der Waals surface area (Å²) in [6.07, 6.45) is 0. The van der Waals surface area contributed by atoms with Gasteiger partial charge in [-0.1, -0.05) is 59.3 Å². The monoisotopic (exact) mass is 706 g/mol. The average molecular weight is 708 g/mol. The van der Waals surface area contributed by atoms with E-state index in [4.69, 9.17) is 10.5 Å². The third-order valence-corrected chi connectivity index (χ3v) is 9.01. The molecule has 1 aliphatic heterocycles. The van der Waals surface area contributed by atoms with Crippen LogP contribution in [-0.2, 0) is 16.1 Å². The molecule has 2 atom stereocenters. The number of primary amides is 1. The summed E-state index contributed by atoms with van der Waals surface area (Å²) in [7, 11) is 1.58. The van der Waals surface area contributed by atoms with Gasteiger partial charge >= 0.3 is 0 Å². The summed E-state index contributed by atoms with van der Waals surface area (Å²) in [4.78, 5) is 57.1. The molecule has 9 nitrogen and oxygen atoms in total. The Bertz CT molecular complexity index is 1820. The number of Topliss-reactive ketones (excluding diaryl/α,β-unsaturated/α-hetero) is 1. The number of ether oxygens (including phenoxy) is 1. The quantitative estimate of drug-likeness (QED) is 0.209. The molecule has 3 amide bonds. The first kappa shape index (κ1) is 34.6. The maximum Gasteiger partial charge on any atom is 0.258 e. The van der Waals surface area contributed by atoms with Gasteiger partial charge in [0.2, 0.25) is 11.8 Å². The molecule has 46 heavy (non-hydrogen) atoms. The minimum absolute atomic E-state index is 0. The predicted octanol–water partition coefficient (Wildman–Crippen LogP) is 5.90. The van der Waals surface area contributed by atoms with Gasteiger partial charge in [-0.05, 0) is 73.6 Å². The minimum Gasteiger partial charge on any atom is -0.496 e. The fourth-order valence-electron chi connectivity index (χ4n) is 5.98. The lowest BCUT2D eigenvalue weighted by Crippen LogP contribution is -2.64. The second-order valence-corrected chi connectivity index (χ2v) is 12.1. The molecule has 0 radical (unpaired) electrons. The Morgan fingerprint density at radius 1 is 1.00 bits per heavy atom. The molecule has 0 aromatic heterocycles. The van der Waals surface area contributed by atoms with Crippen LogP contribution in [0.15, 0.2) is 83.3 Å². The second kappa shape index (κ2) is 14.0. The average Bonchev–Trinajstić information content (AvgIpc) is 3.15. The summed E-state index contributed by atoms with van der Waals surface area (Å²) in [5, 5.41) is 4.99. The van der Waals surface area contributed by atoms with Crippen LogP contribution in [0.25, 0.3) is 10.8 Å². The summed E-state index contributed by atoms with van der Waals surface area (Å²) in [5.74, 6) is -2.04. The Balaban J connectivity index is 0.00000480. The van der Waals surface area contributed by atoms with E-state index in [1.165, 1.54) is 11.8 Å². The summed E-state index contributed by atoms with van der Waals surface area (Å²) in [5.41, 5.74) is 7.08. The van der Waals surface area contributed by atoms with Gasteiger partial charge in [-0.2, -0.15) is 0 Å². The van der Waals surface area contributed by atoms with Crippen LogP contribution in [0.5, 0.6) is 5.75 Å². The number of benzene rings is 4. The van der Waals surface area contributed by atoms with Crippen molar-refractivity contribution >= 4 is 74.0 Å². The van der Waals surface area contributed by atoms with E-state index in [2.05, 4.69) is 21.2 Å². The number of amides is 3. The Hall–Kier alpha value is -4.25. The van der Waals surface area contributed by atoms with Gasteiger partial charge in [0.25, 0.3) is 5.91 Å². The molecular weight excluding hydrogens is 672 g/mol. The molecule has 0 saturated heterocycles. The zero-order valence-corrected chi connectivity index (χ0v) is 28.4. The molecule has 1 heterocycles. The van der Waals surface area contributed by atoms with E-state index >= 15 is 0 Å². The topological polar surface area (TPSA) is 122 Å². The lowest BCUT2D eigenvalue weighted by Gasteiger charge is -2.37. The highest BCUT2D eigenvalue weighted by molar-refractivity contribution is 9.10. The number of fused-ring (bicyclic) bond motifs is 2. The van der Waals surface area contributed by atoms with Gasteiger partial charge in [0.05, 0.1) is 30.9 Å². The van der Waals surface area contributed by atoms with E-state index in [0.29, 0.717) is 34.8 Å². The van der Waals surface area contributed by atoms with Gasteiger partial charge in [0.15, 0.2) is 5.78 Å². The molecule has 0 aliphatic carbocycles. The number of carbonyl (C=O) groups excluding carboxylic acids is 4. The third-order valence-electron chi connectivity index (χ3n) is 8.52. The number of methoxy groups -OCH3 is 1. The maximum atomic E-state index is 14.8. The minimum atomic E-state index is -1.49. The van der Waals surface area contributed by atoms with Crippen LogP contribution < -0.4 is 25.6 Å². The Morgan fingerprint density at radius 2 is 1.65 bits per heavy atom. The highest BCUT2D eigenvalue weighted by Gasteiger charge is 2.49. The lowest BCUT2D eigenvalue weighted by molar-refractivity contribution is -0.133. The Labute approximate surface area is 282 Å². The maximum absolute atomic E-state index is 14.8. The first-order valence-corrected chi connectivity index (χ1v) is 15.4. The molecule has 4 aromatic rings. The van der Waals surface area contributed by atoms with Crippen LogP contribution in [-0.4, -0.2) is 49.2 Å². The summed E-state index contributed by atoms with van der Waals surface area (Å²) in [6.45, 7) is 5.24. The zero-order valence-electron chi connectivity index (χ0n) is 26.0. The molecule has 11 heteroatoms. The molecule has 5 rings (SSSR count). The first-order chi connectivity index (χ1) is 21.5.